The predicted molar refractivity (Wildman–Crippen MR) is 98.9 cm³/mol. The molecule has 23 heavy (non-hydrogen) atoms. The highest BCUT2D eigenvalue weighted by Gasteiger charge is 2.09. The van der Waals surface area contributed by atoms with E-state index in [9.17, 15) is 0 Å². The van der Waals surface area contributed by atoms with Gasteiger partial charge in [-0.3, -0.25) is 0 Å². The van der Waals surface area contributed by atoms with E-state index in [0.717, 1.165) is 45.1 Å². The quantitative estimate of drug-likeness (QED) is 0.453. The Labute approximate surface area is 157 Å². The van der Waals surface area contributed by atoms with E-state index in [1.807, 2.05) is 7.05 Å². The number of thioether (sulfide) groups is 1. The lowest BCUT2D eigenvalue weighted by atomic mass is 10.2. The molecule has 2 aromatic rings. The second-order valence-electron chi connectivity index (χ2n) is 4.85. The molecule has 0 spiro atoms. The van der Waals surface area contributed by atoms with Crippen molar-refractivity contribution in [3.8, 4) is 5.75 Å². The Morgan fingerprint density at radius 1 is 1.30 bits per heavy atom. The molecule has 2 rings (SSSR count). The minimum absolute atomic E-state index is 0.711. The van der Waals surface area contributed by atoms with Gasteiger partial charge in [-0.05, 0) is 66.4 Å². The van der Waals surface area contributed by atoms with Crippen LogP contribution in [0.4, 0.5) is 0 Å². The first kappa shape index (κ1) is 18.7. The fraction of sp³-hybridized carbons (Fsp3) is 0.500. The number of benzene rings is 1. The normalized spacial score (nSPS) is 11.0. The molecule has 1 heterocycles. The van der Waals surface area contributed by atoms with Crippen LogP contribution in [0.2, 0.25) is 0 Å². The molecule has 0 bridgehead atoms. The van der Waals surface area contributed by atoms with E-state index in [2.05, 4.69) is 71.8 Å². The molecule has 0 aliphatic carbocycles. The van der Waals surface area contributed by atoms with E-state index in [1.54, 1.807) is 16.4 Å². The number of ether oxygens (including phenoxy) is 1. The largest absolute Gasteiger partial charge is 0.491 e. The molecule has 0 atom stereocenters. The molecular formula is C14H19Br2N5OS. The summed E-state index contributed by atoms with van der Waals surface area (Å²) in [6.07, 6.45) is 0.987. The molecule has 0 fully saturated rings. The van der Waals surface area contributed by atoms with Crippen molar-refractivity contribution < 1.29 is 4.74 Å². The lowest BCUT2D eigenvalue weighted by Gasteiger charge is -2.12. The minimum atomic E-state index is 0.711. The second-order valence-corrected chi connectivity index (χ2v) is 7.62. The highest BCUT2D eigenvalue weighted by atomic mass is 79.9. The molecule has 6 nitrogen and oxygen atoms in total. The van der Waals surface area contributed by atoms with Crippen molar-refractivity contribution in [2.24, 2.45) is 7.05 Å². The van der Waals surface area contributed by atoms with Crippen molar-refractivity contribution in [3.05, 3.63) is 26.6 Å². The maximum atomic E-state index is 5.73. The number of halogens is 2. The van der Waals surface area contributed by atoms with Crippen molar-refractivity contribution >= 4 is 43.6 Å². The van der Waals surface area contributed by atoms with Crippen LogP contribution in [0.1, 0.15) is 18.9 Å². The topological polar surface area (TPSA) is 64.9 Å². The van der Waals surface area contributed by atoms with E-state index in [1.165, 1.54) is 5.56 Å². The lowest BCUT2D eigenvalue weighted by molar-refractivity contribution is 0.313. The Hall–Kier alpha value is -0.640. The molecular weight excluding hydrogens is 446 g/mol. The summed E-state index contributed by atoms with van der Waals surface area (Å²) in [5.41, 5.74) is 1.19. The second kappa shape index (κ2) is 9.61. The predicted octanol–water partition coefficient (Wildman–Crippen LogP) is 3.41. The Morgan fingerprint density at radius 2 is 2.04 bits per heavy atom. The van der Waals surface area contributed by atoms with Gasteiger partial charge in [-0.1, -0.05) is 18.7 Å². The van der Waals surface area contributed by atoms with Gasteiger partial charge in [-0.2, -0.15) is 0 Å². The van der Waals surface area contributed by atoms with Gasteiger partial charge in [0, 0.05) is 25.9 Å². The van der Waals surface area contributed by atoms with E-state index in [0.29, 0.717) is 6.61 Å². The average molecular weight is 465 g/mol. The number of hydrogen-bond acceptors (Lipinski definition) is 6. The molecule has 0 unspecified atom stereocenters. The third kappa shape index (κ3) is 5.74. The number of hydrogen-bond donors (Lipinski definition) is 1. The molecule has 0 saturated heterocycles. The van der Waals surface area contributed by atoms with Gasteiger partial charge >= 0.3 is 0 Å². The molecule has 1 aromatic heterocycles. The number of aromatic nitrogens is 4. The number of tetrazole rings is 1. The Kier molecular flexibility index (Phi) is 7.81. The summed E-state index contributed by atoms with van der Waals surface area (Å²) in [6.45, 7) is 4.47. The van der Waals surface area contributed by atoms with E-state index >= 15 is 0 Å². The summed E-state index contributed by atoms with van der Waals surface area (Å²) in [7, 11) is 1.84. The summed E-state index contributed by atoms with van der Waals surface area (Å²) in [5, 5.41) is 15.6. The van der Waals surface area contributed by atoms with Gasteiger partial charge in [0.15, 0.2) is 0 Å². The Bertz CT molecular complexity index is 614. The fourth-order valence-corrected chi connectivity index (χ4v) is 4.10. The zero-order chi connectivity index (χ0) is 16.7. The number of aryl methyl sites for hydroxylation is 1. The third-order valence-electron chi connectivity index (χ3n) is 2.93. The maximum absolute atomic E-state index is 5.73. The van der Waals surface area contributed by atoms with E-state index in [-0.39, 0.29) is 0 Å². The van der Waals surface area contributed by atoms with Crippen LogP contribution in [0.25, 0.3) is 0 Å². The molecule has 0 radical (unpaired) electrons. The molecule has 0 aliphatic rings. The van der Waals surface area contributed by atoms with Crippen LogP contribution in [0, 0.1) is 0 Å². The number of nitrogens with one attached hydrogen (secondary N) is 1. The summed E-state index contributed by atoms with van der Waals surface area (Å²) >= 11 is 8.78. The number of rotatable bonds is 9. The molecule has 0 amide bonds. The van der Waals surface area contributed by atoms with Crippen molar-refractivity contribution in [1.82, 2.24) is 25.5 Å². The first-order chi connectivity index (χ1) is 11.1. The minimum Gasteiger partial charge on any atom is -0.491 e. The van der Waals surface area contributed by atoms with Crippen molar-refractivity contribution in [3.63, 3.8) is 0 Å². The van der Waals surface area contributed by atoms with Crippen LogP contribution in [0.15, 0.2) is 26.2 Å². The van der Waals surface area contributed by atoms with Crippen molar-refractivity contribution in [1.29, 1.82) is 0 Å². The van der Waals surface area contributed by atoms with Crippen molar-refractivity contribution in [2.45, 2.75) is 25.0 Å². The molecule has 9 heteroatoms. The van der Waals surface area contributed by atoms with Crippen LogP contribution < -0.4 is 10.1 Å². The highest BCUT2D eigenvalue weighted by molar-refractivity contribution is 9.11. The van der Waals surface area contributed by atoms with Gasteiger partial charge in [-0.25, -0.2) is 4.68 Å². The maximum Gasteiger partial charge on any atom is 0.209 e. The standard InChI is InChI=1S/C14H19Br2N5OS/c1-3-5-22-13-11(15)7-10(8-12(13)16)9-17-4-6-23-14-18-19-20-21(14)2/h7-8,17H,3-6,9H2,1-2H3. The van der Waals surface area contributed by atoms with Gasteiger partial charge in [-0.15, -0.1) is 5.10 Å². The zero-order valence-electron chi connectivity index (χ0n) is 13.1. The van der Waals surface area contributed by atoms with E-state index in [4.69, 9.17) is 4.74 Å². The van der Waals surface area contributed by atoms with Gasteiger partial charge in [0.25, 0.3) is 0 Å². The molecule has 0 aliphatic heterocycles. The Morgan fingerprint density at radius 3 is 2.65 bits per heavy atom. The highest BCUT2D eigenvalue weighted by Crippen LogP contribution is 2.34. The van der Waals surface area contributed by atoms with Gasteiger partial charge in [0.1, 0.15) is 5.75 Å². The van der Waals surface area contributed by atoms with Crippen LogP contribution in [0.5, 0.6) is 5.75 Å². The number of nitrogens with zero attached hydrogens (tertiary/aromatic N) is 4. The molecule has 1 aromatic carbocycles. The van der Waals surface area contributed by atoms with Crippen molar-refractivity contribution in [2.75, 3.05) is 18.9 Å². The molecule has 0 saturated carbocycles. The monoisotopic (exact) mass is 463 g/mol. The third-order valence-corrected chi connectivity index (χ3v) is 5.12. The molecule has 1 N–H and O–H groups in total. The zero-order valence-corrected chi connectivity index (χ0v) is 17.0. The summed E-state index contributed by atoms with van der Waals surface area (Å²) in [4.78, 5) is 0. The van der Waals surface area contributed by atoms with Gasteiger partial charge in [0.2, 0.25) is 5.16 Å². The van der Waals surface area contributed by atoms with Crippen LogP contribution >= 0.6 is 43.6 Å². The molecule has 126 valence electrons. The summed E-state index contributed by atoms with van der Waals surface area (Å²) < 4.78 is 9.34. The van der Waals surface area contributed by atoms with Gasteiger partial charge < -0.3 is 10.1 Å². The van der Waals surface area contributed by atoms with Crippen LogP contribution in [0.3, 0.4) is 0 Å². The average Bonchev–Trinajstić information content (AvgIpc) is 2.91. The fourth-order valence-electron chi connectivity index (χ4n) is 1.85. The Balaban J connectivity index is 1.78. The smallest absolute Gasteiger partial charge is 0.209 e. The lowest BCUT2D eigenvalue weighted by Crippen LogP contribution is -2.17. The van der Waals surface area contributed by atoms with Gasteiger partial charge in [0.05, 0.1) is 15.6 Å². The van der Waals surface area contributed by atoms with E-state index < -0.39 is 0 Å². The summed E-state index contributed by atoms with van der Waals surface area (Å²) in [6, 6.07) is 4.17. The van der Waals surface area contributed by atoms with Crippen LogP contribution in [-0.4, -0.2) is 39.1 Å². The summed E-state index contributed by atoms with van der Waals surface area (Å²) in [5.74, 6) is 1.77. The first-order valence-corrected chi connectivity index (χ1v) is 9.85. The first-order valence-electron chi connectivity index (χ1n) is 7.28. The van der Waals surface area contributed by atoms with Crippen LogP contribution in [-0.2, 0) is 13.6 Å². The SMILES string of the molecule is CCCOc1c(Br)cc(CNCCSc2nnnn2C)cc1Br.